The Labute approximate surface area is 177 Å². The van der Waals surface area contributed by atoms with Crippen LogP contribution in [0.5, 0.6) is 0 Å². The van der Waals surface area contributed by atoms with Gasteiger partial charge in [-0.05, 0) is 70.0 Å². The van der Waals surface area contributed by atoms with E-state index in [0.717, 1.165) is 13.0 Å². The second-order valence-electron chi connectivity index (χ2n) is 11.2. The van der Waals surface area contributed by atoms with Crippen molar-refractivity contribution in [2.24, 2.45) is 0 Å². The number of benzene rings is 2. The van der Waals surface area contributed by atoms with Crippen LogP contribution in [-0.4, -0.2) is 20.1 Å². The van der Waals surface area contributed by atoms with Gasteiger partial charge in [-0.25, -0.2) is 0 Å². The van der Waals surface area contributed by atoms with E-state index in [1.807, 2.05) is 0 Å². The van der Waals surface area contributed by atoms with E-state index >= 15 is 0 Å². The van der Waals surface area contributed by atoms with Crippen molar-refractivity contribution >= 4 is 11.4 Å². The largest absolute Gasteiger partial charge is 0.384 e. The van der Waals surface area contributed by atoms with Crippen molar-refractivity contribution in [1.29, 1.82) is 0 Å². The van der Waals surface area contributed by atoms with Gasteiger partial charge in [-0.3, -0.25) is 0 Å². The summed E-state index contributed by atoms with van der Waals surface area (Å²) in [5, 5.41) is 3.78. The van der Waals surface area contributed by atoms with Crippen LogP contribution >= 0.6 is 0 Å². The molecule has 2 heteroatoms. The van der Waals surface area contributed by atoms with E-state index in [1.54, 1.807) is 16.7 Å². The van der Waals surface area contributed by atoms with Gasteiger partial charge in [-0.15, -0.1) is 0 Å². The van der Waals surface area contributed by atoms with Gasteiger partial charge >= 0.3 is 0 Å². The number of hydrogen-bond acceptors (Lipinski definition) is 2. The smallest absolute Gasteiger partial charge is 0.0399 e. The van der Waals surface area contributed by atoms with Crippen LogP contribution in [0.15, 0.2) is 30.3 Å². The Morgan fingerprint density at radius 1 is 0.931 bits per heavy atom. The molecule has 0 saturated heterocycles. The van der Waals surface area contributed by atoms with Gasteiger partial charge in [0, 0.05) is 37.4 Å². The highest BCUT2D eigenvalue weighted by Crippen LogP contribution is 2.44. The zero-order chi connectivity index (χ0) is 21.0. The summed E-state index contributed by atoms with van der Waals surface area (Å²) in [4.78, 5) is 2.45. The van der Waals surface area contributed by atoms with Gasteiger partial charge in [0.25, 0.3) is 0 Å². The molecule has 2 aromatic rings. The van der Waals surface area contributed by atoms with Gasteiger partial charge < -0.3 is 10.2 Å². The first-order chi connectivity index (χ1) is 13.6. The first kappa shape index (κ1) is 20.3. The van der Waals surface area contributed by atoms with E-state index in [9.17, 15) is 0 Å². The molecule has 156 valence electrons. The summed E-state index contributed by atoms with van der Waals surface area (Å²) in [6.45, 7) is 16.4. The minimum atomic E-state index is 0.155. The van der Waals surface area contributed by atoms with Gasteiger partial charge in [-0.1, -0.05) is 59.7 Å². The minimum absolute atomic E-state index is 0.155. The summed E-state index contributed by atoms with van der Waals surface area (Å²) >= 11 is 0. The average Bonchev–Trinajstić information content (AvgIpc) is 2.65. The second kappa shape index (κ2) is 7.07. The van der Waals surface area contributed by atoms with Crippen LogP contribution in [0, 0.1) is 0 Å². The van der Waals surface area contributed by atoms with Crippen molar-refractivity contribution in [3.8, 4) is 0 Å². The Hall–Kier alpha value is -1.96. The highest BCUT2D eigenvalue weighted by molar-refractivity contribution is 5.64. The molecule has 0 aromatic heterocycles. The Morgan fingerprint density at radius 3 is 2.38 bits per heavy atom. The first-order valence-corrected chi connectivity index (χ1v) is 11.3. The molecule has 2 aliphatic rings. The monoisotopic (exact) mass is 390 g/mol. The average molecular weight is 391 g/mol. The topological polar surface area (TPSA) is 15.3 Å². The molecule has 0 bridgehead atoms. The van der Waals surface area contributed by atoms with Gasteiger partial charge in [0.1, 0.15) is 0 Å². The van der Waals surface area contributed by atoms with E-state index in [1.165, 1.54) is 41.9 Å². The number of anilines is 2. The molecule has 0 fully saturated rings. The van der Waals surface area contributed by atoms with E-state index in [0.29, 0.717) is 5.92 Å². The van der Waals surface area contributed by atoms with Crippen LogP contribution in [0.3, 0.4) is 0 Å². The standard InChI is InChI=1S/C27H38N2/c1-26(2,3)22-11-8-12-23-21(22)16-18(17-28-23)19-13-14-24-20(10-9-15-29(24)7)25(19)27(4,5)6/h8,11-14,18,28H,9-10,15-17H2,1-7H3. The van der Waals surface area contributed by atoms with Crippen LogP contribution in [-0.2, 0) is 23.7 Å². The lowest BCUT2D eigenvalue weighted by atomic mass is 9.72. The van der Waals surface area contributed by atoms with Crippen LogP contribution in [0.4, 0.5) is 11.4 Å². The maximum Gasteiger partial charge on any atom is 0.0399 e. The lowest BCUT2D eigenvalue weighted by Gasteiger charge is -2.38. The maximum absolute atomic E-state index is 3.78. The van der Waals surface area contributed by atoms with E-state index in [2.05, 4.69) is 89.1 Å². The fraction of sp³-hybridized carbons (Fsp3) is 0.556. The molecule has 2 nitrogen and oxygen atoms in total. The molecule has 1 atom stereocenters. The van der Waals surface area contributed by atoms with Gasteiger partial charge in [0.2, 0.25) is 0 Å². The van der Waals surface area contributed by atoms with E-state index < -0.39 is 0 Å². The summed E-state index contributed by atoms with van der Waals surface area (Å²) in [5.41, 5.74) is 10.9. The molecule has 0 amide bonds. The molecule has 2 heterocycles. The Morgan fingerprint density at radius 2 is 1.69 bits per heavy atom. The third kappa shape index (κ3) is 3.67. The molecule has 4 rings (SSSR count). The number of nitrogens with one attached hydrogen (secondary N) is 1. The van der Waals surface area contributed by atoms with Crippen molar-refractivity contribution in [3.05, 3.63) is 58.1 Å². The molecule has 0 saturated carbocycles. The first-order valence-electron chi connectivity index (χ1n) is 11.3. The molecule has 2 aromatic carbocycles. The maximum atomic E-state index is 3.78. The van der Waals surface area contributed by atoms with Crippen LogP contribution in [0.1, 0.15) is 81.7 Å². The fourth-order valence-electron chi connectivity index (χ4n) is 5.55. The zero-order valence-corrected chi connectivity index (χ0v) is 19.4. The molecule has 0 aliphatic carbocycles. The van der Waals surface area contributed by atoms with Crippen LogP contribution in [0.2, 0.25) is 0 Å². The summed E-state index contributed by atoms with van der Waals surface area (Å²) < 4.78 is 0. The van der Waals surface area contributed by atoms with Crippen LogP contribution < -0.4 is 10.2 Å². The van der Waals surface area contributed by atoms with Crippen molar-refractivity contribution in [1.82, 2.24) is 0 Å². The Bertz CT molecular complexity index is 911. The quantitative estimate of drug-likeness (QED) is 0.605. The molecule has 1 unspecified atom stereocenters. The number of fused-ring (bicyclic) bond motifs is 2. The minimum Gasteiger partial charge on any atom is -0.384 e. The predicted molar refractivity (Wildman–Crippen MR) is 127 cm³/mol. The second-order valence-corrected chi connectivity index (χ2v) is 11.2. The van der Waals surface area contributed by atoms with Crippen molar-refractivity contribution in [3.63, 3.8) is 0 Å². The van der Waals surface area contributed by atoms with Crippen molar-refractivity contribution in [2.75, 3.05) is 30.4 Å². The summed E-state index contributed by atoms with van der Waals surface area (Å²) in [5.74, 6) is 0.526. The fourth-order valence-corrected chi connectivity index (χ4v) is 5.55. The third-order valence-corrected chi connectivity index (χ3v) is 6.82. The van der Waals surface area contributed by atoms with Crippen molar-refractivity contribution in [2.45, 2.75) is 77.6 Å². The van der Waals surface area contributed by atoms with Gasteiger partial charge in [-0.2, -0.15) is 0 Å². The molecule has 0 spiro atoms. The highest BCUT2D eigenvalue weighted by Gasteiger charge is 2.32. The van der Waals surface area contributed by atoms with Crippen molar-refractivity contribution < 1.29 is 0 Å². The number of hydrogen-bond donors (Lipinski definition) is 1. The third-order valence-electron chi connectivity index (χ3n) is 6.82. The molecule has 2 aliphatic heterocycles. The number of nitrogens with zero attached hydrogens (tertiary/aromatic N) is 1. The summed E-state index contributed by atoms with van der Waals surface area (Å²) in [6.07, 6.45) is 3.60. The van der Waals surface area contributed by atoms with E-state index in [4.69, 9.17) is 0 Å². The normalized spacial score (nSPS) is 19.4. The molecule has 1 N–H and O–H groups in total. The summed E-state index contributed by atoms with van der Waals surface area (Å²) in [7, 11) is 2.25. The molecule has 0 radical (unpaired) electrons. The Balaban J connectivity index is 1.82. The SMILES string of the molecule is CN1CCCc2c1ccc(C1CNc3cccc(C(C)(C)C)c3C1)c2C(C)(C)C. The van der Waals surface area contributed by atoms with Gasteiger partial charge in [0.15, 0.2) is 0 Å². The molecular weight excluding hydrogens is 352 g/mol. The van der Waals surface area contributed by atoms with Gasteiger partial charge in [0.05, 0.1) is 0 Å². The lowest BCUT2D eigenvalue weighted by Crippen LogP contribution is -2.31. The predicted octanol–water partition coefficient (Wildman–Crippen LogP) is 6.42. The highest BCUT2D eigenvalue weighted by atomic mass is 15.1. The molecular formula is C27H38N2. The lowest BCUT2D eigenvalue weighted by molar-refractivity contribution is 0.546. The molecule has 29 heavy (non-hydrogen) atoms. The van der Waals surface area contributed by atoms with Crippen LogP contribution in [0.25, 0.3) is 0 Å². The zero-order valence-electron chi connectivity index (χ0n) is 19.4. The summed E-state index contributed by atoms with van der Waals surface area (Å²) in [6, 6.07) is 11.6. The van der Waals surface area contributed by atoms with E-state index in [-0.39, 0.29) is 10.8 Å². The Kier molecular flexibility index (Phi) is 4.96. The number of rotatable bonds is 1.